The molecular formula is C68H101N7O12. The Morgan fingerprint density at radius 1 is 0.782 bits per heavy atom. The lowest BCUT2D eigenvalue weighted by molar-refractivity contribution is -0.156. The minimum absolute atomic E-state index is 0.00396. The standard InChI is InChI=1S/C68H101N7O12/c1-42(2)16-12-17-43(3)50-28-29-51-49-27-24-46-39-48(30-32-67(46,7)52(49)31-33-68(50,51)8)86-64(84)53(19-10-11-34-69-65(85)87-66(4,5)6)70-60(80)54(38-44-22-25-47(76)26-23-44)71-61(81)56-20-14-36-74(56)63(83)57-21-15-37-75(57)62(82)55(40-58(77)78)72-59(79)45-18-13-35-73(9)41-45/h13,22-26,35,41-43,48-57,76H,10-12,14-21,27-34,36-40H2,1-9H3,(H,69,85)(H,70,80)(H,71,81)(H,72,79)(H,77,78)/t43-,48+,49+,50-,51+,52+,53+,54+,55+,56+,57+,67+,68-/m1/s1. The first kappa shape index (κ1) is 66.6. The number of rotatable bonds is 24. The lowest BCUT2D eigenvalue weighted by Gasteiger charge is -2.58. The molecule has 0 radical (unpaired) electrons. The number of carboxylic acids is 1. The highest BCUT2D eigenvalue weighted by Gasteiger charge is 2.59. The van der Waals surface area contributed by atoms with Crippen molar-refractivity contribution in [3.8, 4) is 5.75 Å². The van der Waals surface area contributed by atoms with Gasteiger partial charge in [0.25, 0.3) is 0 Å². The maximum absolute atomic E-state index is 14.9. The fraction of sp³-hybridized carbons (Fsp3) is 0.706. The van der Waals surface area contributed by atoms with E-state index in [9.17, 15) is 48.6 Å². The Bertz CT molecular complexity index is 2760. The number of amides is 6. The summed E-state index contributed by atoms with van der Waals surface area (Å²) in [6.45, 7) is 18.1. The summed E-state index contributed by atoms with van der Waals surface area (Å²) in [5, 5.41) is 31.3. The number of aliphatic carboxylic acids is 1. The molecule has 0 spiro atoms. The van der Waals surface area contributed by atoms with Crippen LogP contribution in [0.1, 0.15) is 189 Å². The molecule has 87 heavy (non-hydrogen) atoms. The molecule has 3 saturated carbocycles. The number of ether oxygens (including phenoxy) is 2. The molecule has 2 saturated heterocycles. The lowest BCUT2D eigenvalue weighted by Crippen LogP contribution is -2.58. The van der Waals surface area contributed by atoms with Crippen molar-refractivity contribution in [1.82, 2.24) is 36.0 Å². The molecule has 8 rings (SSSR count). The van der Waals surface area contributed by atoms with E-state index in [0.29, 0.717) is 72.8 Å². The average Bonchev–Trinajstić information content (AvgIpc) is 1.72. The van der Waals surface area contributed by atoms with Gasteiger partial charge in [-0.25, -0.2) is 9.59 Å². The number of aromatic hydroxyl groups is 1. The van der Waals surface area contributed by atoms with E-state index in [4.69, 9.17) is 9.47 Å². The molecule has 0 bridgehead atoms. The van der Waals surface area contributed by atoms with Crippen LogP contribution < -0.4 is 21.3 Å². The summed E-state index contributed by atoms with van der Waals surface area (Å²) < 4.78 is 11.9. The minimum Gasteiger partial charge on any atom is -0.508 e. The van der Waals surface area contributed by atoms with Crippen LogP contribution in [0.2, 0.25) is 0 Å². The third-order valence-corrected chi connectivity index (χ3v) is 20.7. The van der Waals surface area contributed by atoms with Gasteiger partial charge < -0.3 is 55.7 Å². The zero-order chi connectivity index (χ0) is 63.0. The molecule has 3 aliphatic heterocycles. The predicted molar refractivity (Wildman–Crippen MR) is 330 cm³/mol. The Labute approximate surface area is 516 Å². The third kappa shape index (κ3) is 16.5. The first-order valence-corrected chi connectivity index (χ1v) is 32.7. The number of phenols is 1. The van der Waals surface area contributed by atoms with Crippen LogP contribution in [-0.4, -0.2) is 141 Å². The SMILES string of the molecule is CC(C)CCC[C@@H](C)[C@H]1CC[C@H]2[C@@H]3CC=C4C[C@@H](OC(=O)[C@H](CCCCNC(=O)OC(C)(C)C)NC(=O)[C@H](Cc5ccc(O)cc5)NC(=O)[C@@H]5CCCN5C(=O)[C@@H]5CCCN5C(=O)[C@H](CC(=O)O)NC(=O)C5=CN(C)C=CC5)CC[C@]4(C)[C@H]3CC[C@]12C. The van der Waals surface area contributed by atoms with Gasteiger partial charge in [-0.2, -0.15) is 0 Å². The number of unbranched alkanes of at least 4 members (excludes halogenated alkanes) is 1. The fourth-order valence-corrected chi connectivity index (χ4v) is 16.3. The van der Waals surface area contributed by atoms with Gasteiger partial charge in [-0.15, -0.1) is 0 Å². The maximum Gasteiger partial charge on any atom is 0.407 e. The van der Waals surface area contributed by atoms with Crippen LogP contribution in [0.15, 0.2) is 60.0 Å². The topological polar surface area (TPSA) is 253 Å². The number of alkyl carbamates (subject to hydrolysis) is 1. The van der Waals surface area contributed by atoms with Crippen LogP contribution in [0.4, 0.5) is 4.79 Å². The van der Waals surface area contributed by atoms with E-state index in [0.717, 1.165) is 30.6 Å². The number of carbonyl (C=O) groups excluding carboxylic acids is 7. The zero-order valence-electron chi connectivity index (χ0n) is 53.3. The van der Waals surface area contributed by atoms with Gasteiger partial charge in [-0.3, -0.25) is 28.8 Å². The molecular weight excluding hydrogens is 1110 g/mol. The molecule has 4 aliphatic carbocycles. The molecule has 5 fully saturated rings. The number of carbonyl (C=O) groups is 8. The second-order valence-electron chi connectivity index (χ2n) is 28.4. The quantitative estimate of drug-likeness (QED) is 0.0321. The van der Waals surface area contributed by atoms with Crippen LogP contribution in [0.5, 0.6) is 5.75 Å². The molecule has 0 unspecified atom stereocenters. The number of hydrogen-bond acceptors (Lipinski definition) is 12. The van der Waals surface area contributed by atoms with Gasteiger partial charge in [-0.1, -0.05) is 83.7 Å². The van der Waals surface area contributed by atoms with Gasteiger partial charge in [0.1, 0.15) is 47.7 Å². The molecule has 480 valence electrons. The number of nitrogens with zero attached hydrogens (tertiary/aromatic N) is 3. The number of carboxylic acid groups (broad SMARTS) is 1. The van der Waals surface area contributed by atoms with Crippen LogP contribution in [-0.2, 0) is 49.5 Å². The Morgan fingerprint density at radius 3 is 2.21 bits per heavy atom. The number of hydrogen-bond donors (Lipinski definition) is 6. The van der Waals surface area contributed by atoms with Crippen molar-refractivity contribution < 1.29 is 58.0 Å². The monoisotopic (exact) mass is 1210 g/mol. The third-order valence-electron chi connectivity index (χ3n) is 20.7. The number of nitrogens with one attached hydrogen (secondary N) is 4. The number of likely N-dealkylation sites (tertiary alicyclic amines) is 2. The van der Waals surface area contributed by atoms with Crippen LogP contribution in [0.3, 0.4) is 0 Å². The van der Waals surface area contributed by atoms with Gasteiger partial charge in [0, 0.05) is 51.3 Å². The van der Waals surface area contributed by atoms with E-state index < -0.39 is 95.9 Å². The number of benzene rings is 1. The van der Waals surface area contributed by atoms with Gasteiger partial charge in [-0.05, 0) is 187 Å². The molecule has 1 aromatic rings. The van der Waals surface area contributed by atoms with Crippen molar-refractivity contribution >= 4 is 47.6 Å². The summed E-state index contributed by atoms with van der Waals surface area (Å²) in [6, 6.07) is 0.300. The highest BCUT2D eigenvalue weighted by Crippen LogP contribution is 2.67. The van der Waals surface area contributed by atoms with Crippen molar-refractivity contribution in [2.45, 2.75) is 232 Å². The smallest absolute Gasteiger partial charge is 0.407 e. The van der Waals surface area contributed by atoms with Crippen LogP contribution in [0, 0.1) is 46.3 Å². The Balaban J connectivity index is 0.953. The van der Waals surface area contributed by atoms with Crippen molar-refractivity contribution in [2.75, 3.05) is 26.7 Å². The molecule has 13 atom stereocenters. The molecule has 6 amide bonds. The summed E-state index contributed by atoms with van der Waals surface area (Å²) in [7, 11) is 1.74. The normalized spacial score (nSPS) is 28.2. The second kappa shape index (κ2) is 28.8. The predicted octanol–water partition coefficient (Wildman–Crippen LogP) is 9.23. The number of esters is 1. The van der Waals surface area contributed by atoms with Gasteiger partial charge in [0.15, 0.2) is 0 Å². The first-order chi connectivity index (χ1) is 41.2. The first-order valence-electron chi connectivity index (χ1n) is 32.7. The molecule has 6 N–H and O–H groups in total. The summed E-state index contributed by atoms with van der Waals surface area (Å²) >= 11 is 0. The van der Waals surface area contributed by atoms with Gasteiger partial charge >= 0.3 is 18.0 Å². The highest BCUT2D eigenvalue weighted by atomic mass is 16.6. The Kier molecular flexibility index (Phi) is 22.1. The Morgan fingerprint density at radius 2 is 1.51 bits per heavy atom. The zero-order valence-corrected chi connectivity index (χ0v) is 53.3. The van der Waals surface area contributed by atoms with Crippen molar-refractivity contribution in [3.05, 3.63) is 65.5 Å². The average molecular weight is 1210 g/mol. The largest absolute Gasteiger partial charge is 0.508 e. The Hall–Kier alpha value is -6.40. The molecule has 19 heteroatoms. The van der Waals surface area contributed by atoms with Crippen LogP contribution >= 0.6 is 0 Å². The molecule has 3 heterocycles. The second-order valence-corrected chi connectivity index (χ2v) is 28.4. The summed E-state index contributed by atoms with van der Waals surface area (Å²) in [4.78, 5) is 115. The summed E-state index contributed by atoms with van der Waals surface area (Å²) in [5.74, 6) is -0.811. The molecule has 19 nitrogen and oxygen atoms in total. The van der Waals surface area contributed by atoms with E-state index in [2.05, 4.69) is 62.0 Å². The van der Waals surface area contributed by atoms with Crippen LogP contribution in [0.25, 0.3) is 0 Å². The molecule has 7 aliphatic rings. The van der Waals surface area contributed by atoms with Gasteiger partial charge in [0.05, 0.1) is 6.42 Å². The van der Waals surface area contributed by atoms with E-state index in [1.807, 2.05) is 0 Å². The summed E-state index contributed by atoms with van der Waals surface area (Å²) in [5.41, 5.74) is 2.00. The highest BCUT2D eigenvalue weighted by molar-refractivity contribution is 6.00. The number of phenolic OH excluding ortho intramolecular Hbond substituents is 1. The van der Waals surface area contributed by atoms with Crippen molar-refractivity contribution in [3.63, 3.8) is 0 Å². The van der Waals surface area contributed by atoms with Gasteiger partial charge in [0.2, 0.25) is 29.5 Å². The fourth-order valence-electron chi connectivity index (χ4n) is 16.3. The maximum atomic E-state index is 14.9. The molecule has 1 aromatic carbocycles. The number of allylic oxidation sites excluding steroid dienone is 2. The number of fused-ring (bicyclic) bond motifs is 5. The van der Waals surface area contributed by atoms with E-state index in [1.165, 1.54) is 72.5 Å². The lowest BCUT2D eigenvalue weighted by atomic mass is 9.47. The molecule has 0 aromatic heterocycles. The van der Waals surface area contributed by atoms with E-state index >= 15 is 0 Å². The minimum atomic E-state index is -1.46. The van der Waals surface area contributed by atoms with E-state index in [1.54, 1.807) is 63.3 Å². The van der Waals surface area contributed by atoms with Crippen molar-refractivity contribution in [1.29, 1.82) is 0 Å². The van der Waals surface area contributed by atoms with E-state index in [-0.39, 0.29) is 62.9 Å². The summed E-state index contributed by atoms with van der Waals surface area (Å²) in [6.07, 6.45) is 20.9. The van der Waals surface area contributed by atoms with Crippen molar-refractivity contribution in [2.24, 2.45) is 46.3 Å².